The quantitative estimate of drug-likeness (QED) is 0.433. The monoisotopic (exact) mass is 223 g/mol. The first-order valence-electron chi connectivity index (χ1n) is 4.65. The van der Waals surface area contributed by atoms with Gasteiger partial charge in [0.25, 0.3) is 0 Å². The standard InChI is InChI=1S/C10H13N3O3/c1-7-11-8(5-6-10(2,3)14)9(12(7)4)13(15)16/h14H,1-4H3. The van der Waals surface area contributed by atoms with Gasteiger partial charge >= 0.3 is 5.82 Å². The molecule has 6 nitrogen and oxygen atoms in total. The van der Waals surface area contributed by atoms with Gasteiger partial charge in [0.05, 0.1) is 7.05 Å². The Balaban J connectivity index is 3.29. The lowest BCUT2D eigenvalue weighted by atomic mass is 10.1. The van der Waals surface area contributed by atoms with Crippen molar-refractivity contribution in [2.45, 2.75) is 26.4 Å². The highest BCUT2D eigenvalue weighted by molar-refractivity contribution is 5.44. The van der Waals surface area contributed by atoms with Gasteiger partial charge in [0.15, 0.2) is 5.82 Å². The molecule has 0 aliphatic rings. The van der Waals surface area contributed by atoms with Gasteiger partial charge in [-0.05, 0) is 24.7 Å². The summed E-state index contributed by atoms with van der Waals surface area (Å²) in [6.07, 6.45) is 0. The van der Waals surface area contributed by atoms with Crippen molar-refractivity contribution >= 4 is 5.82 Å². The summed E-state index contributed by atoms with van der Waals surface area (Å²) in [5.74, 6) is 5.37. The minimum atomic E-state index is -1.20. The maximum Gasteiger partial charge on any atom is 0.358 e. The van der Waals surface area contributed by atoms with Gasteiger partial charge in [-0.2, -0.15) is 4.98 Å². The third kappa shape index (κ3) is 2.58. The fraction of sp³-hybridized carbons (Fsp3) is 0.500. The van der Waals surface area contributed by atoms with E-state index in [2.05, 4.69) is 16.8 Å². The molecule has 0 aliphatic heterocycles. The molecule has 6 heteroatoms. The third-order valence-electron chi connectivity index (χ3n) is 1.95. The van der Waals surface area contributed by atoms with Crippen molar-refractivity contribution in [1.82, 2.24) is 9.55 Å². The molecule has 0 unspecified atom stereocenters. The highest BCUT2D eigenvalue weighted by Gasteiger charge is 2.21. The Morgan fingerprint density at radius 1 is 1.56 bits per heavy atom. The summed E-state index contributed by atoms with van der Waals surface area (Å²) in [7, 11) is 1.55. The van der Waals surface area contributed by atoms with Crippen LogP contribution < -0.4 is 0 Å². The molecule has 1 aromatic heterocycles. The maximum atomic E-state index is 10.8. The average molecular weight is 223 g/mol. The average Bonchev–Trinajstić information content (AvgIpc) is 2.38. The van der Waals surface area contributed by atoms with Crippen LogP contribution in [0.5, 0.6) is 0 Å². The van der Waals surface area contributed by atoms with E-state index in [0.29, 0.717) is 5.82 Å². The van der Waals surface area contributed by atoms with E-state index in [0.717, 1.165) is 0 Å². The number of imidazole rings is 1. The molecular weight excluding hydrogens is 210 g/mol. The lowest BCUT2D eigenvalue weighted by Crippen LogP contribution is -2.14. The van der Waals surface area contributed by atoms with Crippen LogP contribution in [0, 0.1) is 28.9 Å². The zero-order valence-electron chi connectivity index (χ0n) is 9.61. The summed E-state index contributed by atoms with van der Waals surface area (Å²) in [5, 5.41) is 20.2. The largest absolute Gasteiger partial charge is 0.378 e. The zero-order valence-corrected chi connectivity index (χ0v) is 9.61. The van der Waals surface area contributed by atoms with Crippen molar-refractivity contribution in [2.24, 2.45) is 7.05 Å². The van der Waals surface area contributed by atoms with Crippen LogP contribution in [-0.2, 0) is 7.05 Å². The second-order valence-corrected chi connectivity index (χ2v) is 3.96. The Morgan fingerprint density at radius 2 is 2.12 bits per heavy atom. The van der Waals surface area contributed by atoms with Gasteiger partial charge in [-0.1, -0.05) is 5.92 Å². The Morgan fingerprint density at radius 3 is 2.56 bits per heavy atom. The van der Waals surface area contributed by atoms with E-state index in [1.807, 2.05) is 0 Å². The predicted molar refractivity (Wildman–Crippen MR) is 57.8 cm³/mol. The lowest BCUT2D eigenvalue weighted by molar-refractivity contribution is -0.392. The van der Waals surface area contributed by atoms with Crippen molar-refractivity contribution in [1.29, 1.82) is 0 Å². The van der Waals surface area contributed by atoms with Crippen LogP contribution in [0.3, 0.4) is 0 Å². The summed E-state index contributed by atoms with van der Waals surface area (Å²) < 4.78 is 1.36. The van der Waals surface area contributed by atoms with Gasteiger partial charge < -0.3 is 15.2 Å². The third-order valence-corrected chi connectivity index (χ3v) is 1.95. The molecule has 0 spiro atoms. The normalized spacial score (nSPS) is 10.8. The summed E-state index contributed by atoms with van der Waals surface area (Å²) in [6, 6.07) is 0. The summed E-state index contributed by atoms with van der Waals surface area (Å²) in [5.41, 5.74) is -1.12. The fourth-order valence-electron chi connectivity index (χ4n) is 1.10. The molecule has 1 heterocycles. The van der Waals surface area contributed by atoms with Crippen LogP contribution in [0.15, 0.2) is 0 Å². The summed E-state index contributed by atoms with van der Waals surface area (Å²) in [4.78, 5) is 14.2. The SMILES string of the molecule is Cc1nc(C#CC(C)(C)O)c([N+](=O)[O-])n1C. The predicted octanol–water partition coefficient (Wildman–Crippen LogP) is 0.759. The number of aryl methyl sites for hydroxylation is 1. The van der Waals surface area contributed by atoms with Crippen LogP contribution in [0.1, 0.15) is 25.4 Å². The minimum absolute atomic E-state index is 0.0760. The molecule has 1 N–H and O–H groups in total. The van der Waals surface area contributed by atoms with Crippen LogP contribution in [0.2, 0.25) is 0 Å². The molecule has 0 amide bonds. The zero-order chi connectivity index (χ0) is 12.5. The van der Waals surface area contributed by atoms with Crippen LogP contribution >= 0.6 is 0 Å². The summed E-state index contributed by atoms with van der Waals surface area (Å²) in [6.45, 7) is 4.66. The van der Waals surface area contributed by atoms with Gasteiger partial charge in [-0.15, -0.1) is 0 Å². The highest BCUT2D eigenvalue weighted by atomic mass is 16.6. The van der Waals surface area contributed by atoms with Gasteiger partial charge in [-0.25, -0.2) is 4.57 Å². The Hall–Kier alpha value is -1.87. The number of rotatable bonds is 1. The molecule has 0 radical (unpaired) electrons. The Bertz CT molecular complexity index is 486. The molecule has 0 atom stereocenters. The molecule has 1 aromatic rings. The van der Waals surface area contributed by atoms with Crippen LogP contribution in [0.4, 0.5) is 5.82 Å². The fourth-order valence-corrected chi connectivity index (χ4v) is 1.10. The van der Waals surface area contributed by atoms with Crippen molar-refractivity contribution in [2.75, 3.05) is 0 Å². The number of nitrogens with zero attached hydrogens (tertiary/aromatic N) is 3. The van der Waals surface area contributed by atoms with E-state index in [1.165, 1.54) is 18.4 Å². The molecule has 0 aromatic carbocycles. The first-order chi connectivity index (χ1) is 7.22. The second kappa shape index (κ2) is 3.94. The minimum Gasteiger partial charge on any atom is -0.378 e. The Labute approximate surface area is 93.1 Å². The lowest BCUT2D eigenvalue weighted by Gasteiger charge is -2.05. The number of aromatic nitrogens is 2. The van der Waals surface area contributed by atoms with E-state index in [1.54, 1.807) is 14.0 Å². The van der Waals surface area contributed by atoms with E-state index in [4.69, 9.17) is 0 Å². The second-order valence-electron chi connectivity index (χ2n) is 3.96. The molecule has 0 bridgehead atoms. The molecule has 86 valence electrons. The van der Waals surface area contributed by atoms with E-state index >= 15 is 0 Å². The van der Waals surface area contributed by atoms with Crippen molar-refractivity contribution in [3.63, 3.8) is 0 Å². The molecule has 0 saturated carbocycles. The molecular formula is C10H13N3O3. The summed E-state index contributed by atoms with van der Waals surface area (Å²) >= 11 is 0. The van der Waals surface area contributed by atoms with E-state index < -0.39 is 10.5 Å². The van der Waals surface area contributed by atoms with Crippen molar-refractivity contribution in [3.8, 4) is 11.8 Å². The van der Waals surface area contributed by atoms with Gasteiger partial charge in [0.2, 0.25) is 5.69 Å². The first-order valence-corrected chi connectivity index (χ1v) is 4.65. The van der Waals surface area contributed by atoms with Crippen molar-refractivity contribution in [3.05, 3.63) is 21.6 Å². The van der Waals surface area contributed by atoms with E-state index in [9.17, 15) is 15.2 Å². The van der Waals surface area contributed by atoms with Crippen LogP contribution in [0.25, 0.3) is 0 Å². The van der Waals surface area contributed by atoms with Gasteiger partial charge in [0, 0.05) is 6.92 Å². The maximum absolute atomic E-state index is 10.8. The first kappa shape index (κ1) is 12.2. The van der Waals surface area contributed by atoms with Crippen molar-refractivity contribution < 1.29 is 10.0 Å². The number of hydrogen-bond acceptors (Lipinski definition) is 4. The highest BCUT2D eigenvalue weighted by Crippen LogP contribution is 2.17. The molecule has 0 saturated heterocycles. The van der Waals surface area contributed by atoms with Crippen LogP contribution in [-0.4, -0.2) is 25.2 Å². The molecule has 0 aliphatic carbocycles. The van der Waals surface area contributed by atoms with E-state index in [-0.39, 0.29) is 11.5 Å². The Kier molecular flexibility index (Phi) is 3.01. The topological polar surface area (TPSA) is 81.2 Å². The molecule has 1 rings (SSSR count). The number of hydrogen-bond donors (Lipinski definition) is 1. The smallest absolute Gasteiger partial charge is 0.358 e. The van der Waals surface area contributed by atoms with Gasteiger partial charge in [0.1, 0.15) is 5.60 Å². The number of nitro groups is 1. The number of aliphatic hydroxyl groups is 1. The molecule has 16 heavy (non-hydrogen) atoms. The molecule has 0 fully saturated rings. The van der Waals surface area contributed by atoms with Gasteiger partial charge in [-0.3, -0.25) is 0 Å².